The number of halogens is 2. The molecule has 102 valence electrons. The highest BCUT2D eigenvalue weighted by Crippen LogP contribution is 2.28. The van der Waals surface area contributed by atoms with E-state index in [0.717, 1.165) is 0 Å². The van der Waals surface area contributed by atoms with Crippen LogP contribution in [0.2, 0.25) is 10.0 Å². The Bertz CT molecular complexity index is 485. The summed E-state index contributed by atoms with van der Waals surface area (Å²) in [5.74, 6) is 0.0334. The maximum atomic E-state index is 12.0. The Morgan fingerprint density at radius 3 is 2.39 bits per heavy atom. The molecule has 1 aromatic carbocycles. The van der Waals surface area contributed by atoms with Gasteiger partial charge >= 0.3 is 0 Å². The van der Waals surface area contributed by atoms with E-state index in [1.54, 1.807) is 6.07 Å². The second-order valence-electron chi connectivity index (χ2n) is 4.02. The third-order valence-electron chi connectivity index (χ3n) is 2.43. The summed E-state index contributed by atoms with van der Waals surface area (Å²) in [4.78, 5) is -0.107. The van der Waals surface area contributed by atoms with Gasteiger partial charge in [-0.3, -0.25) is 0 Å². The van der Waals surface area contributed by atoms with Gasteiger partial charge in [0.15, 0.2) is 0 Å². The molecule has 0 heterocycles. The minimum Gasteiger partial charge on any atom is -0.396 e. The molecule has 1 unspecified atom stereocenters. The number of nitrogens with one attached hydrogen (secondary N) is 1. The van der Waals surface area contributed by atoms with Crippen LogP contribution in [0.5, 0.6) is 0 Å². The Morgan fingerprint density at radius 1 is 1.33 bits per heavy atom. The lowest BCUT2D eigenvalue weighted by Crippen LogP contribution is -2.29. The Hall–Kier alpha value is -0.330. The first-order valence-electron chi connectivity index (χ1n) is 5.43. The van der Waals surface area contributed by atoms with Gasteiger partial charge < -0.3 is 5.11 Å². The largest absolute Gasteiger partial charge is 0.396 e. The zero-order valence-corrected chi connectivity index (χ0v) is 12.2. The fraction of sp³-hybridized carbons (Fsp3) is 0.455. The molecule has 0 saturated carbocycles. The van der Waals surface area contributed by atoms with Crippen molar-refractivity contribution in [2.45, 2.75) is 18.2 Å². The monoisotopic (exact) mass is 311 g/mol. The highest BCUT2D eigenvalue weighted by Gasteiger charge is 2.21. The van der Waals surface area contributed by atoms with Crippen molar-refractivity contribution in [3.8, 4) is 0 Å². The van der Waals surface area contributed by atoms with Crippen molar-refractivity contribution in [1.29, 1.82) is 0 Å². The number of hydrogen-bond acceptors (Lipinski definition) is 3. The standard InChI is InChI=1S/C11H15Cl2NO3S/c1-8(5-6-15)7-14-18(16,17)11-9(12)3-2-4-10(11)13/h2-4,8,14-15H,5-7H2,1H3. The summed E-state index contributed by atoms with van der Waals surface area (Å²) in [6.45, 7) is 2.09. The van der Waals surface area contributed by atoms with Crippen LogP contribution in [0.4, 0.5) is 0 Å². The van der Waals surface area contributed by atoms with Crippen LogP contribution >= 0.6 is 23.2 Å². The lowest BCUT2D eigenvalue weighted by Gasteiger charge is -2.13. The molecule has 1 aromatic rings. The molecule has 2 N–H and O–H groups in total. The minimum absolute atomic E-state index is 0.0236. The molecule has 0 radical (unpaired) electrons. The van der Waals surface area contributed by atoms with E-state index in [2.05, 4.69) is 4.72 Å². The van der Waals surface area contributed by atoms with Crippen LogP contribution in [0.1, 0.15) is 13.3 Å². The van der Waals surface area contributed by atoms with Gasteiger partial charge in [0.05, 0.1) is 10.0 Å². The molecular formula is C11H15Cl2NO3S. The molecule has 0 aromatic heterocycles. The third-order valence-corrected chi connectivity index (χ3v) is 4.81. The molecule has 0 aliphatic rings. The number of sulfonamides is 1. The quantitative estimate of drug-likeness (QED) is 0.847. The lowest BCUT2D eigenvalue weighted by molar-refractivity contribution is 0.263. The van der Waals surface area contributed by atoms with Crippen molar-refractivity contribution >= 4 is 33.2 Å². The van der Waals surface area contributed by atoms with Crippen molar-refractivity contribution in [3.63, 3.8) is 0 Å². The summed E-state index contributed by atoms with van der Waals surface area (Å²) < 4.78 is 26.5. The number of aliphatic hydroxyl groups excluding tert-OH is 1. The van der Waals surface area contributed by atoms with Crippen molar-refractivity contribution in [1.82, 2.24) is 4.72 Å². The second kappa shape index (κ2) is 6.73. The van der Waals surface area contributed by atoms with Crippen LogP contribution in [0.15, 0.2) is 23.1 Å². The van der Waals surface area contributed by atoms with Gasteiger partial charge in [-0.1, -0.05) is 36.2 Å². The molecule has 0 fully saturated rings. The van der Waals surface area contributed by atoms with E-state index in [1.807, 2.05) is 6.92 Å². The van der Waals surface area contributed by atoms with E-state index in [9.17, 15) is 8.42 Å². The zero-order valence-electron chi connectivity index (χ0n) is 9.86. The lowest BCUT2D eigenvalue weighted by atomic mass is 10.1. The normalized spacial score (nSPS) is 13.6. The van der Waals surface area contributed by atoms with Gasteiger partial charge in [-0.05, 0) is 24.5 Å². The predicted octanol–water partition coefficient (Wildman–Crippen LogP) is 2.29. The van der Waals surface area contributed by atoms with E-state index in [4.69, 9.17) is 28.3 Å². The minimum atomic E-state index is -3.73. The van der Waals surface area contributed by atoms with E-state index in [-0.39, 0.29) is 34.0 Å². The van der Waals surface area contributed by atoms with Gasteiger partial charge in [0.1, 0.15) is 4.90 Å². The zero-order chi connectivity index (χ0) is 13.8. The first-order valence-corrected chi connectivity index (χ1v) is 7.67. The smallest absolute Gasteiger partial charge is 0.243 e. The Kier molecular flexibility index (Phi) is 5.88. The highest BCUT2D eigenvalue weighted by atomic mass is 35.5. The highest BCUT2D eigenvalue weighted by molar-refractivity contribution is 7.89. The van der Waals surface area contributed by atoms with Gasteiger partial charge in [-0.2, -0.15) is 0 Å². The number of hydrogen-bond donors (Lipinski definition) is 2. The first-order chi connectivity index (χ1) is 8.38. The molecule has 0 amide bonds. The summed E-state index contributed by atoms with van der Waals surface area (Å²) in [6.07, 6.45) is 0.527. The van der Waals surface area contributed by atoms with Crippen LogP contribution in [0.3, 0.4) is 0 Å². The molecule has 0 saturated heterocycles. The predicted molar refractivity (Wildman–Crippen MR) is 72.5 cm³/mol. The van der Waals surface area contributed by atoms with E-state index < -0.39 is 10.0 Å². The van der Waals surface area contributed by atoms with Crippen molar-refractivity contribution in [2.75, 3.05) is 13.2 Å². The van der Waals surface area contributed by atoms with E-state index in [0.29, 0.717) is 6.42 Å². The van der Waals surface area contributed by atoms with E-state index >= 15 is 0 Å². The van der Waals surface area contributed by atoms with Crippen LogP contribution in [0, 0.1) is 5.92 Å². The Morgan fingerprint density at radius 2 is 1.89 bits per heavy atom. The van der Waals surface area contributed by atoms with Gasteiger partial charge in [0.2, 0.25) is 10.0 Å². The number of benzene rings is 1. The molecular weight excluding hydrogens is 297 g/mol. The number of rotatable bonds is 6. The molecule has 1 atom stereocenters. The molecule has 7 heteroatoms. The Balaban J connectivity index is 2.87. The van der Waals surface area contributed by atoms with E-state index in [1.165, 1.54) is 12.1 Å². The SMILES string of the molecule is CC(CCO)CNS(=O)(=O)c1c(Cl)cccc1Cl. The van der Waals surface area contributed by atoms with Gasteiger partial charge in [0.25, 0.3) is 0 Å². The maximum Gasteiger partial charge on any atom is 0.243 e. The van der Waals surface area contributed by atoms with Crippen molar-refractivity contribution in [3.05, 3.63) is 28.2 Å². The summed E-state index contributed by atoms with van der Waals surface area (Å²) in [5, 5.41) is 8.93. The molecule has 4 nitrogen and oxygen atoms in total. The maximum absolute atomic E-state index is 12.0. The van der Waals surface area contributed by atoms with Gasteiger partial charge in [-0.15, -0.1) is 0 Å². The third kappa shape index (κ3) is 4.10. The molecule has 0 aliphatic heterocycles. The molecule has 1 rings (SSSR count). The summed E-state index contributed by atoms with van der Waals surface area (Å²) in [7, 11) is -3.73. The first kappa shape index (κ1) is 15.7. The average Bonchev–Trinajstić information content (AvgIpc) is 2.26. The van der Waals surface area contributed by atoms with Crippen molar-refractivity contribution < 1.29 is 13.5 Å². The summed E-state index contributed by atoms with van der Waals surface area (Å²) in [5.41, 5.74) is 0. The van der Waals surface area contributed by atoms with Gasteiger partial charge in [-0.25, -0.2) is 13.1 Å². The fourth-order valence-corrected chi connectivity index (χ4v) is 3.69. The van der Waals surface area contributed by atoms with Crippen LogP contribution in [-0.4, -0.2) is 26.7 Å². The fourth-order valence-electron chi connectivity index (χ4n) is 1.39. The molecule has 0 spiro atoms. The van der Waals surface area contributed by atoms with Crippen LogP contribution in [0.25, 0.3) is 0 Å². The summed E-state index contributed by atoms with van der Waals surface area (Å²) >= 11 is 11.7. The molecule has 18 heavy (non-hydrogen) atoms. The second-order valence-corrected chi connectivity index (χ2v) is 6.54. The molecule has 0 bridgehead atoms. The number of aliphatic hydroxyl groups is 1. The van der Waals surface area contributed by atoms with Crippen molar-refractivity contribution in [2.24, 2.45) is 5.92 Å². The van der Waals surface area contributed by atoms with Crippen LogP contribution in [-0.2, 0) is 10.0 Å². The summed E-state index contributed by atoms with van der Waals surface area (Å²) in [6, 6.07) is 4.52. The average molecular weight is 312 g/mol. The van der Waals surface area contributed by atoms with Crippen LogP contribution < -0.4 is 4.72 Å². The topological polar surface area (TPSA) is 66.4 Å². The van der Waals surface area contributed by atoms with Gasteiger partial charge in [0, 0.05) is 13.2 Å². The molecule has 0 aliphatic carbocycles. The Labute approximate surface area is 117 Å².